The fraction of sp³-hybridized carbons (Fsp3) is 0.294. The Morgan fingerprint density at radius 1 is 1.05 bits per heavy atom. The lowest BCUT2D eigenvalue weighted by atomic mass is 9.92. The summed E-state index contributed by atoms with van der Waals surface area (Å²) < 4.78 is 5.79. The van der Waals surface area contributed by atoms with E-state index >= 15 is 0 Å². The van der Waals surface area contributed by atoms with Gasteiger partial charge in [-0.05, 0) is 23.1 Å². The van der Waals surface area contributed by atoms with Crippen LogP contribution >= 0.6 is 0 Å². The summed E-state index contributed by atoms with van der Waals surface area (Å²) in [7, 11) is 0. The molecule has 2 aromatic rings. The third-order valence-corrected chi connectivity index (χ3v) is 3.67. The Kier molecular flexibility index (Phi) is 3.62. The van der Waals surface area contributed by atoms with E-state index in [0.717, 1.165) is 17.5 Å². The maximum atomic E-state index is 10.4. The van der Waals surface area contributed by atoms with Crippen molar-refractivity contribution in [1.29, 1.82) is 0 Å². The topological polar surface area (TPSA) is 29.5 Å². The molecule has 0 spiro atoms. The third-order valence-electron chi connectivity index (χ3n) is 3.67. The smallest absolute Gasteiger partial charge is 0.109 e. The van der Waals surface area contributed by atoms with Crippen molar-refractivity contribution in [2.24, 2.45) is 0 Å². The Morgan fingerprint density at radius 3 is 2.63 bits per heavy atom. The summed E-state index contributed by atoms with van der Waals surface area (Å²) in [5.41, 5.74) is 3.57. The largest absolute Gasteiger partial charge is 0.390 e. The molecule has 3 rings (SSSR count). The molecule has 0 saturated heterocycles. The van der Waals surface area contributed by atoms with Gasteiger partial charge >= 0.3 is 0 Å². The van der Waals surface area contributed by atoms with Gasteiger partial charge in [0.2, 0.25) is 0 Å². The normalized spacial score (nSPS) is 19.7. The van der Waals surface area contributed by atoms with Crippen LogP contribution in [0.5, 0.6) is 0 Å². The van der Waals surface area contributed by atoms with Gasteiger partial charge in [0.25, 0.3) is 0 Å². The van der Waals surface area contributed by atoms with E-state index in [1.165, 1.54) is 5.56 Å². The van der Waals surface area contributed by atoms with Crippen molar-refractivity contribution in [3.63, 3.8) is 0 Å². The van der Waals surface area contributed by atoms with Crippen LogP contribution in [0.15, 0.2) is 54.6 Å². The molecule has 1 N–H and O–H groups in total. The lowest BCUT2D eigenvalue weighted by Crippen LogP contribution is -2.28. The number of ether oxygens (including phenoxy) is 1. The van der Waals surface area contributed by atoms with E-state index in [4.69, 9.17) is 4.74 Å². The highest BCUT2D eigenvalue weighted by molar-refractivity contribution is 5.32. The first kappa shape index (κ1) is 12.4. The highest BCUT2D eigenvalue weighted by atomic mass is 16.5. The molecule has 0 fully saturated rings. The molecule has 0 aliphatic carbocycles. The summed E-state index contributed by atoms with van der Waals surface area (Å²) in [5, 5.41) is 10.4. The quantitative estimate of drug-likeness (QED) is 0.912. The molecular weight excluding hydrogens is 236 g/mol. The molecule has 1 aliphatic heterocycles. The van der Waals surface area contributed by atoms with Crippen LogP contribution in [0.3, 0.4) is 0 Å². The Balaban J connectivity index is 1.80. The number of rotatable bonds is 3. The molecule has 0 radical (unpaired) electrons. The van der Waals surface area contributed by atoms with Crippen molar-refractivity contribution in [3.05, 3.63) is 71.3 Å². The first-order valence-corrected chi connectivity index (χ1v) is 6.76. The van der Waals surface area contributed by atoms with E-state index in [1.54, 1.807) is 0 Å². The Morgan fingerprint density at radius 2 is 1.79 bits per heavy atom. The molecule has 2 heteroatoms. The molecule has 1 heterocycles. The van der Waals surface area contributed by atoms with E-state index < -0.39 is 6.10 Å². The van der Waals surface area contributed by atoms with E-state index in [1.807, 2.05) is 42.5 Å². The first-order chi connectivity index (χ1) is 9.34. The second-order valence-electron chi connectivity index (χ2n) is 5.00. The number of benzene rings is 2. The summed E-state index contributed by atoms with van der Waals surface area (Å²) in [6.07, 6.45) is 0.860. The number of fused-ring (bicyclic) bond motifs is 1. The zero-order chi connectivity index (χ0) is 13.1. The van der Waals surface area contributed by atoms with E-state index in [2.05, 4.69) is 12.1 Å². The van der Waals surface area contributed by atoms with Gasteiger partial charge in [-0.25, -0.2) is 0 Å². The van der Waals surface area contributed by atoms with Crippen LogP contribution in [0.1, 0.15) is 22.8 Å². The standard InChI is InChI=1S/C17H18O2/c18-16(12-13-6-2-1-3-7-13)17-15-9-5-4-8-14(15)10-11-19-17/h1-9,16-18H,10-12H2. The molecule has 2 atom stereocenters. The van der Waals surface area contributed by atoms with Gasteiger partial charge in [-0.1, -0.05) is 54.6 Å². The number of hydrogen-bond acceptors (Lipinski definition) is 2. The Labute approximate surface area is 113 Å². The van der Waals surface area contributed by atoms with E-state index in [-0.39, 0.29) is 6.10 Å². The summed E-state index contributed by atoms with van der Waals surface area (Å²) >= 11 is 0. The predicted octanol–water partition coefficient (Wildman–Crippen LogP) is 2.90. The molecule has 2 aromatic carbocycles. The molecule has 2 nitrogen and oxygen atoms in total. The van der Waals surface area contributed by atoms with Gasteiger partial charge in [-0.3, -0.25) is 0 Å². The molecule has 0 bridgehead atoms. The minimum Gasteiger partial charge on any atom is -0.390 e. The summed E-state index contributed by atoms with van der Waals surface area (Å²) in [6.45, 7) is 0.688. The molecule has 0 aromatic heterocycles. The number of aliphatic hydroxyl groups is 1. The van der Waals surface area contributed by atoms with Gasteiger partial charge in [0.1, 0.15) is 6.10 Å². The minimum absolute atomic E-state index is 0.204. The maximum Gasteiger partial charge on any atom is 0.109 e. The molecule has 98 valence electrons. The molecule has 19 heavy (non-hydrogen) atoms. The molecule has 2 unspecified atom stereocenters. The third kappa shape index (κ3) is 2.70. The second-order valence-corrected chi connectivity index (χ2v) is 5.00. The Bertz CT molecular complexity index is 536. The van der Waals surface area contributed by atoms with Crippen LogP contribution in [0.4, 0.5) is 0 Å². The van der Waals surface area contributed by atoms with Gasteiger partial charge in [0.15, 0.2) is 0 Å². The Hall–Kier alpha value is -1.64. The highest BCUT2D eigenvalue weighted by Crippen LogP contribution is 2.30. The molecule has 0 amide bonds. The van der Waals surface area contributed by atoms with Crippen molar-refractivity contribution >= 4 is 0 Å². The van der Waals surface area contributed by atoms with E-state index in [9.17, 15) is 5.11 Å². The van der Waals surface area contributed by atoms with Crippen molar-refractivity contribution in [2.45, 2.75) is 25.0 Å². The van der Waals surface area contributed by atoms with Crippen LogP contribution in [-0.2, 0) is 17.6 Å². The SMILES string of the molecule is OC(Cc1ccccc1)C1OCCc2ccccc21. The predicted molar refractivity (Wildman–Crippen MR) is 75.0 cm³/mol. The van der Waals surface area contributed by atoms with Crippen molar-refractivity contribution in [2.75, 3.05) is 6.61 Å². The van der Waals surface area contributed by atoms with Crippen molar-refractivity contribution in [3.8, 4) is 0 Å². The van der Waals surface area contributed by atoms with Gasteiger partial charge in [0.05, 0.1) is 12.7 Å². The van der Waals surface area contributed by atoms with Crippen LogP contribution in [0.2, 0.25) is 0 Å². The number of aliphatic hydroxyl groups excluding tert-OH is 1. The molecule has 0 saturated carbocycles. The van der Waals surface area contributed by atoms with Crippen LogP contribution in [0, 0.1) is 0 Å². The van der Waals surface area contributed by atoms with Gasteiger partial charge in [-0.2, -0.15) is 0 Å². The van der Waals surface area contributed by atoms with Crippen molar-refractivity contribution in [1.82, 2.24) is 0 Å². The summed E-state index contributed by atoms with van der Waals surface area (Å²) in [5.74, 6) is 0. The van der Waals surface area contributed by atoms with Gasteiger partial charge in [-0.15, -0.1) is 0 Å². The molecule has 1 aliphatic rings. The van der Waals surface area contributed by atoms with Crippen molar-refractivity contribution < 1.29 is 9.84 Å². The van der Waals surface area contributed by atoms with Gasteiger partial charge in [0, 0.05) is 6.42 Å². The lowest BCUT2D eigenvalue weighted by molar-refractivity contribution is -0.0460. The molecular formula is C17H18O2. The zero-order valence-corrected chi connectivity index (χ0v) is 10.8. The first-order valence-electron chi connectivity index (χ1n) is 6.76. The maximum absolute atomic E-state index is 10.4. The minimum atomic E-state index is -0.496. The van der Waals surface area contributed by atoms with Gasteiger partial charge < -0.3 is 9.84 Å². The monoisotopic (exact) mass is 254 g/mol. The second kappa shape index (κ2) is 5.55. The fourth-order valence-electron chi connectivity index (χ4n) is 2.71. The van der Waals surface area contributed by atoms with Crippen LogP contribution in [0.25, 0.3) is 0 Å². The fourth-order valence-corrected chi connectivity index (χ4v) is 2.71. The summed E-state index contributed by atoms with van der Waals surface area (Å²) in [6, 6.07) is 18.3. The average molecular weight is 254 g/mol. The number of hydrogen-bond donors (Lipinski definition) is 1. The van der Waals surface area contributed by atoms with Crippen LogP contribution < -0.4 is 0 Å². The average Bonchev–Trinajstić information content (AvgIpc) is 2.47. The zero-order valence-electron chi connectivity index (χ0n) is 10.8. The highest BCUT2D eigenvalue weighted by Gasteiger charge is 2.27. The lowest BCUT2D eigenvalue weighted by Gasteiger charge is -2.29. The van der Waals surface area contributed by atoms with Crippen LogP contribution in [-0.4, -0.2) is 17.8 Å². The summed E-state index contributed by atoms with van der Waals surface area (Å²) in [4.78, 5) is 0. The van der Waals surface area contributed by atoms with E-state index in [0.29, 0.717) is 13.0 Å².